The maximum atomic E-state index is 12.4. The normalized spacial score (nSPS) is 14.5. The van der Waals surface area contributed by atoms with Crippen LogP contribution in [0.5, 0.6) is 0 Å². The second-order valence-corrected chi connectivity index (χ2v) is 4.57. The van der Waals surface area contributed by atoms with Gasteiger partial charge in [-0.3, -0.25) is 0 Å². The number of alkyl halides is 8. The monoisotopic (exact) mass is 337 g/mol. The molecule has 14 heavy (non-hydrogen) atoms. The molecule has 0 fully saturated rings. The van der Waals surface area contributed by atoms with Gasteiger partial charge in [-0.25, -0.2) is 0 Å². The molecule has 0 aliphatic carbocycles. The summed E-state index contributed by atoms with van der Waals surface area (Å²) in [4.78, 5) is 10.3. The second kappa shape index (κ2) is 3.74. The van der Waals surface area contributed by atoms with E-state index in [4.69, 9.17) is 5.11 Å². The first-order chi connectivity index (χ1) is 6.00. The Labute approximate surface area is 84.5 Å². The molecule has 2 nitrogen and oxygen atoms in total. The van der Waals surface area contributed by atoms with Crippen LogP contribution in [0.1, 0.15) is 0 Å². The fraction of sp³-hybridized carbons (Fsp3) is 0.800. The average Bonchev–Trinajstić information content (AvgIpc) is 2.03. The number of rotatable bonds is 4. The Morgan fingerprint density at radius 2 is 1.50 bits per heavy atom. The average molecular weight is 337 g/mol. The predicted octanol–water partition coefficient (Wildman–Crippen LogP) is -1.35. The van der Waals surface area contributed by atoms with Gasteiger partial charge < -0.3 is 0 Å². The van der Waals surface area contributed by atoms with Gasteiger partial charge in [-0.2, -0.15) is 0 Å². The molecule has 0 radical (unpaired) electrons. The molecule has 0 spiro atoms. The third kappa shape index (κ3) is 1.91. The van der Waals surface area contributed by atoms with Crippen molar-refractivity contribution < 1.29 is 57.4 Å². The van der Waals surface area contributed by atoms with E-state index in [9.17, 15) is 31.1 Å². The number of carbonyl (C=O) groups is 1. The van der Waals surface area contributed by atoms with Crippen molar-refractivity contribution in [2.24, 2.45) is 0 Å². The van der Waals surface area contributed by atoms with Gasteiger partial charge >= 0.3 is 84.1 Å². The first-order valence-corrected chi connectivity index (χ1v) is 6.11. The third-order valence-electron chi connectivity index (χ3n) is 1.26. The summed E-state index contributed by atoms with van der Waals surface area (Å²) in [6, 6.07) is 0. The first-order valence-electron chi connectivity index (χ1n) is 2.88. The fourth-order valence-electron chi connectivity index (χ4n) is 0.431. The molecular formula is C5H4F6IO2-. The molecule has 86 valence electrons. The van der Waals surface area contributed by atoms with Crippen LogP contribution in [0.15, 0.2) is 0 Å². The van der Waals surface area contributed by atoms with Crippen molar-refractivity contribution in [3.8, 4) is 0 Å². The van der Waals surface area contributed by atoms with Gasteiger partial charge in [0.25, 0.3) is 0 Å². The van der Waals surface area contributed by atoms with Crippen molar-refractivity contribution in [3.63, 3.8) is 0 Å². The van der Waals surface area contributed by atoms with E-state index < -0.39 is 42.9 Å². The van der Waals surface area contributed by atoms with Gasteiger partial charge in [-0.1, -0.05) is 0 Å². The van der Waals surface area contributed by atoms with Crippen molar-refractivity contribution in [3.05, 3.63) is 0 Å². The topological polar surface area (TPSA) is 37.3 Å². The second-order valence-electron chi connectivity index (χ2n) is 2.14. The zero-order valence-corrected chi connectivity index (χ0v) is 8.66. The zero-order valence-electron chi connectivity index (χ0n) is 6.50. The molecule has 0 aromatic carbocycles. The Morgan fingerprint density at radius 1 is 1.14 bits per heavy atom. The molecule has 0 rings (SSSR count). The summed E-state index contributed by atoms with van der Waals surface area (Å²) in [5.74, 6) is -14.9. The molecule has 0 bridgehead atoms. The van der Waals surface area contributed by atoms with E-state index >= 15 is 0 Å². The van der Waals surface area contributed by atoms with E-state index in [-0.39, 0.29) is 0 Å². The van der Waals surface area contributed by atoms with Crippen LogP contribution in [-0.4, -0.2) is 31.8 Å². The summed E-state index contributed by atoms with van der Waals surface area (Å²) >= 11 is -2.55. The standard InChI is InChI=1S/C5H4F6IO2/c1-12-5(10,11)4(8,9)3(6,7)2(13)14/h1H3,(H,13,14)/q-1. The van der Waals surface area contributed by atoms with Crippen molar-refractivity contribution in [2.75, 3.05) is 4.93 Å². The molecule has 0 atom stereocenters. The van der Waals surface area contributed by atoms with E-state index in [0.29, 0.717) is 4.93 Å². The molecule has 0 aromatic rings. The van der Waals surface area contributed by atoms with Crippen molar-refractivity contribution >= 4 is 5.97 Å². The number of hydrogen-bond donors (Lipinski definition) is 1. The first kappa shape index (κ1) is 13.8. The molecule has 0 saturated heterocycles. The van der Waals surface area contributed by atoms with Crippen LogP contribution in [0.3, 0.4) is 0 Å². The summed E-state index contributed by atoms with van der Waals surface area (Å²) in [6.45, 7) is 0. The van der Waals surface area contributed by atoms with Gasteiger partial charge in [0.1, 0.15) is 0 Å². The third-order valence-corrected chi connectivity index (χ3v) is 3.29. The maximum absolute atomic E-state index is 12.4. The molecule has 0 amide bonds. The summed E-state index contributed by atoms with van der Waals surface area (Å²) in [7, 11) is 0. The molecule has 0 aliphatic heterocycles. The summed E-state index contributed by atoms with van der Waals surface area (Å²) < 4.78 is 68.9. The van der Waals surface area contributed by atoms with Crippen LogP contribution >= 0.6 is 0 Å². The molecule has 0 unspecified atom stereocenters. The van der Waals surface area contributed by atoms with Crippen LogP contribution in [0.25, 0.3) is 0 Å². The van der Waals surface area contributed by atoms with E-state index in [2.05, 4.69) is 0 Å². The Kier molecular flexibility index (Phi) is 3.68. The number of carboxylic acid groups (broad SMARTS) is 1. The van der Waals surface area contributed by atoms with Gasteiger partial charge in [-0.15, -0.1) is 0 Å². The van der Waals surface area contributed by atoms with Crippen LogP contribution < -0.4 is 21.2 Å². The number of halogens is 7. The van der Waals surface area contributed by atoms with Gasteiger partial charge in [0.15, 0.2) is 0 Å². The Morgan fingerprint density at radius 3 is 1.71 bits per heavy atom. The van der Waals surface area contributed by atoms with Gasteiger partial charge in [-0.05, 0) is 0 Å². The molecule has 0 saturated carbocycles. The molecule has 0 aromatic heterocycles. The predicted molar refractivity (Wildman–Crippen MR) is 28.4 cm³/mol. The fourth-order valence-corrected chi connectivity index (χ4v) is 1.45. The van der Waals surface area contributed by atoms with E-state index in [1.165, 1.54) is 0 Å². The minimum atomic E-state index is -5.85. The van der Waals surface area contributed by atoms with Crippen LogP contribution in [0.2, 0.25) is 0 Å². The molecule has 9 heteroatoms. The molecule has 1 N–H and O–H groups in total. The van der Waals surface area contributed by atoms with Crippen LogP contribution in [0.4, 0.5) is 26.3 Å². The van der Waals surface area contributed by atoms with E-state index in [0.717, 1.165) is 0 Å². The Balaban J connectivity index is 5.24. The molecule has 0 aliphatic rings. The molecule has 0 heterocycles. The zero-order chi connectivity index (χ0) is 11.8. The Bertz CT molecular complexity index is 240. The summed E-state index contributed by atoms with van der Waals surface area (Å²) in [6.07, 6.45) is 0. The van der Waals surface area contributed by atoms with E-state index in [1.54, 1.807) is 0 Å². The van der Waals surface area contributed by atoms with Gasteiger partial charge in [0.2, 0.25) is 0 Å². The number of carboxylic acids is 1. The SMILES string of the molecule is C[I-]C(F)(F)C(F)(F)C(F)(F)C(=O)O. The van der Waals surface area contributed by atoms with Crippen LogP contribution in [-0.2, 0) is 4.79 Å². The summed E-state index contributed by atoms with van der Waals surface area (Å²) in [5, 5.41) is 7.68. The molecular weight excluding hydrogens is 333 g/mol. The number of aliphatic carboxylic acids is 1. The van der Waals surface area contributed by atoms with E-state index in [1.807, 2.05) is 0 Å². The minimum absolute atomic E-state index is 0.657. The van der Waals surface area contributed by atoms with Crippen LogP contribution in [0, 0.1) is 0 Å². The Hall–Kier alpha value is -0.220. The van der Waals surface area contributed by atoms with Gasteiger partial charge in [0, 0.05) is 0 Å². The van der Waals surface area contributed by atoms with Crippen molar-refractivity contribution in [1.82, 2.24) is 0 Å². The summed E-state index contributed by atoms with van der Waals surface area (Å²) in [5.41, 5.74) is 0. The number of hydrogen-bond acceptors (Lipinski definition) is 1. The van der Waals surface area contributed by atoms with Gasteiger partial charge in [0.05, 0.1) is 0 Å². The van der Waals surface area contributed by atoms with Crippen molar-refractivity contribution in [2.45, 2.75) is 15.8 Å². The quantitative estimate of drug-likeness (QED) is 0.392. The van der Waals surface area contributed by atoms with Crippen molar-refractivity contribution in [1.29, 1.82) is 0 Å².